The van der Waals surface area contributed by atoms with E-state index in [1.807, 2.05) is 18.2 Å². The fraction of sp³-hybridized carbons (Fsp3) is 0.500. The monoisotopic (exact) mass is 439 g/mol. The highest BCUT2D eigenvalue weighted by Gasteiger charge is 2.29. The van der Waals surface area contributed by atoms with Crippen LogP contribution in [0.1, 0.15) is 72.5 Å². The van der Waals surface area contributed by atoms with Gasteiger partial charge >= 0.3 is 0 Å². The Morgan fingerprint density at radius 3 is 2.84 bits per heavy atom. The van der Waals surface area contributed by atoms with Gasteiger partial charge in [0.25, 0.3) is 5.91 Å². The molecule has 0 radical (unpaired) electrons. The molecular formula is C22H29N7O3. The molecule has 3 aromatic rings. The zero-order valence-corrected chi connectivity index (χ0v) is 18.8. The topological polar surface area (TPSA) is 120 Å². The third kappa shape index (κ3) is 4.96. The summed E-state index contributed by atoms with van der Waals surface area (Å²) in [6, 6.07) is 7.44. The Balaban J connectivity index is 1.33. The maximum absolute atomic E-state index is 12.6. The number of methoxy groups -OCH3 is 1. The highest BCUT2D eigenvalue weighted by molar-refractivity contribution is 6.02. The second-order valence-corrected chi connectivity index (χ2v) is 8.44. The van der Waals surface area contributed by atoms with Gasteiger partial charge in [-0.25, -0.2) is 0 Å². The number of rotatable bonds is 8. The van der Waals surface area contributed by atoms with Gasteiger partial charge in [-0.1, -0.05) is 13.8 Å². The molecule has 1 saturated carbocycles. The molecule has 1 aliphatic carbocycles. The van der Waals surface area contributed by atoms with Gasteiger partial charge in [0.15, 0.2) is 5.82 Å². The standard InChI is InChI=1S/C22H29N7O3/c1-13(2)17-7-8-21(27-24-17)32-16-6-5-14(9-16)18-11-20(26-25-18)23-22(30)19-10-15(12-31-4)28-29(19)3/h7-8,10-11,13-14,16H,5-6,9,12H2,1-4H3,(H2,23,25,26,30)/t14-,16+/m1/s1. The molecule has 1 aliphatic rings. The van der Waals surface area contributed by atoms with Gasteiger partial charge < -0.3 is 14.8 Å². The van der Waals surface area contributed by atoms with Crippen LogP contribution in [0.25, 0.3) is 0 Å². The SMILES string of the molecule is COCc1cc(C(=O)Nc2cc([C@@H]3CC[C@H](Oc4ccc(C(C)C)nn4)C3)[nH]n2)n(C)n1. The van der Waals surface area contributed by atoms with Crippen LogP contribution >= 0.6 is 0 Å². The number of ether oxygens (including phenoxy) is 2. The van der Waals surface area contributed by atoms with Crippen LogP contribution in [-0.4, -0.2) is 49.3 Å². The lowest BCUT2D eigenvalue weighted by Gasteiger charge is -2.13. The Morgan fingerprint density at radius 2 is 2.12 bits per heavy atom. The van der Waals surface area contributed by atoms with Crippen LogP contribution in [0.3, 0.4) is 0 Å². The average molecular weight is 440 g/mol. The lowest BCUT2D eigenvalue weighted by molar-refractivity contribution is 0.101. The van der Waals surface area contributed by atoms with E-state index in [1.165, 1.54) is 4.68 Å². The first-order valence-corrected chi connectivity index (χ1v) is 10.8. The number of anilines is 1. The number of hydrogen-bond acceptors (Lipinski definition) is 7. The minimum absolute atomic E-state index is 0.0780. The summed E-state index contributed by atoms with van der Waals surface area (Å²) in [7, 11) is 3.32. The van der Waals surface area contributed by atoms with Gasteiger partial charge in [0, 0.05) is 37.9 Å². The van der Waals surface area contributed by atoms with Crippen LogP contribution in [0.5, 0.6) is 5.88 Å². The van der Waals surface area contributed by atoms with Crippen LogP contribution in [0, 0.1) is 0 Å². The second kappa shape index (κ2) is 9.47. The zero-order valence-electron chi connectivity index (χ0n) is 18.8. The van der Waals surface area contributed by atoms with E-state index in [1.54, 1.807) is 20.2 Å². The smallest absolute Gasteiger partial charge is 0.275 e. The fourth-order valence-corrected chi connectivity index (χ4v) is 3.95. The number of carbonyl (C=O) groups is 1. The minimum atomic E-state index is -0.267. The third-order valence-electron chi connectivity index (χ3n) is 5.66. The summed E-state index contributed by atoms with van der Waals surface area (Å²) in [5.74, 6) is 1.40. The molecule has 10 heteroatoms. The molecule has 3 heterocycles. The maximum atomic E-state index is 12.6. The van der Waals surface area contributed by atoms with E-state index in [0.717, 1.165) is 30.7 Å². The van der Waals surface area contributed by atoms with E-state index in [0.29, 0.717) is 35.6 Å². The molecule has 0 unspecified atom stereocenters. The first-order chi connectivity index (χ1) is 15.4. The summed E-state index contributed by atoms with van der Waals surface area (Å²) in [6.07, 6.45) is 2.83. The van der Waals surface area contributed by atoms with E-state index in [4.69, 9.17) is 9.47 Å². The molecule has 2 N–H and O–H groups in total. The number of amides is 1. The lowest BCUT2D eigenvalue weighted by Crippen LogP contribution is -2.16. The average Bonchev–Trinajstić information content (AvgIpc) is 3.49. The maximum Gasteiger partial charge on any atom is 0.275 e. The Bertz CT molecular complexity index is 1060. The molecule has 1 amide bonds. The second-order valence-electron chi connectivity index (χ2n) is 8.44. The first-order valence-electron chi connectivity index (χ1n) is 10.8. The molecule has 0 spiro atoms. The summed E-state index contributed by atoms with van der Waals surface area (Å²) in [5.41, 5.74) is 3.08. The molecule has 1 fully saturated rings. The molecule has 0 bridgehead atoms. The van der Waals surface area contributed by atoms with Crippen LogP contribution in [0.4, 0.5) is 5.82 Å². The molecule has 3 aromatic heterocycles. The molecule has 32 heavy (non-hydrogen) atoms. The minimum Gasteiger partial charge on any atom is -0.473 e. The van der Waals surface area contributed by atoms with Gasteiger partial charge in [0.1, 0.15) is 11.8 Å². The molecular weight excluding hydrogens is 410 g/mol. The molecule has 0 saturated heterocycles. The zero-order chi connectivity index (χ0) is 22.7. The van der Waals surface area contributed by atoms with E-state index in [-0.39, 0.29) is 17.9 Å². The van der Waals surface area contributed by atoms with Gasteiger partial charge in [-0.15, -0.1) is 5.10 Å². The van der Waals surface area contributed by atoms with Crippen molar-refractivity contribution in [3.8, 4) is 5.88 Å². The van der Waals surface area contributed by atoms with Gasteiger partial charge in [0.05, 0.1) is 18.0 Å². The number of hydrogen-bond donors (Lipinski definition) is 2. The van der Waals surface area contributed by atoms with Crippen molar-refractivity contribution in [2.24, 2.45) is 7.05 Å². The largest absolute Gasteiger partial charge is 0.473 e. The molecule has 4 rings (SSSR count). The van der Waals surface area contributed by atoms with Crippen LogP contribution in [0.15, 0.2) is 24.3 Å². The molecule has 10 nitrogen and oxygen atoms in total. The number of nitrogens with zero attached hydrogens (tertiary/aromatic N) is 5. The number of aryl methyl sites for hydroxylation is 1. The molecule has 0 aliphatic heterocycles. The third-order valence-corrected chi connectivity index (χ3v) is 5.66. The van der Waals surface area contributed by atoms with Crippen molar-refractivity contribution in [1.82, 2.24) is 30.2 Å². The number of H-pyrrole nitrogens is 1. The highest BCUT2D eigenvalue weighted by Crippen LogP contribution is 2.36. The van der Waals surface area contributed by atoms with Crippen molar-refractivity contribution < 1.29 is 14.3 Å². The predicted octanol–water partition coefficient (Wildman–Crippen LogP) is 3.17. The van der Waals surface area contributed by atoms with E-state index >= 15 is 0 Å². The normalized spacial score (nSPS) is 18.3. The Labute approximate surface area is 186 Å². The summed E-state index contributed by atoms with van der Waals surface area (Å²) < 4.78 is 12.6. The van der Waals surface area contributed by atoms with E-state index in [9.17, 15) is 4.79 Å². The summed E-state index contributed by atoms with van der Waals surface area (Å²) in [6.45, 7) is 4.53. The lowest BCUT2D eigenvalue weighted by atomic mass is 10.0. The number of carbonyl (C=O) groups excluding carboxylic acids is 1. The van der Waals surface area contributed by atoms with Crippen LogP contribution < -0.4 is 10.1 Å². The van der Waals surface area contributed by atoms with Crippen molar-refractivity contribution in [1.29, 1.82) is 0 Å². The Kier molecular flexibility index (Phi) is 6.50. The summed E-state index contributed by atoms with van der Waals surface area (Å²) >= 11 is 0. The predicted molar refractivity (Wildman–Crippen MR) is 118 cm³/mol. The number of nitrogens with one attached hydrogen (secondary N) is 2. The van der Waals surface area contributed by atoms with Gasteiger partial charge in [-0.2, -0.15) is 15.3 Å². The van der Waals surface area contributed by atoms with E-state index < -0.39 is 0 Å². The quantitative estimate of drug-likeness (QED) is 0.553. The fourth-order valence-electron chi connectivity index (χ4n) is 3.95. The van der Waals surface area contributed by atoms with Crippen molar-refractivity contribution in [2.45, 2.75) is 57.7 Å². The Morgan fingerprint density at radius 1 is 1.28 bits per heavy atom. The first kappa shape index (κ1) is 21.9. The molecule has 170 valence electrons. The van der Waals surface area contributed by atoms with Crippen molar-refractivity contribution in [2.75, 3.05) is 12.4 Å². The Hall–Kier alpha value is -3.27. The van der Waals surface area contributed by atoms with E-state index in [2.05, 4.69) is 44.7 Å². The molecule has 2 atom stereocenters. The summed E-state index contributed by atoms with van der Waals surface area (Å²) in [4.78, 5) is 12.6. The highest BCUT2D eigenvalue weighted by atomic mass is 16.5. The summed E-state index contributed by atoms with van der Waals surface area (Å²) in [5, 5.41) is 22.8. The van der Waals surface area contributed by atoms with Gasteiger partial charge in [0.2, 0.25) is 5.88 Å². The van der Waals surface area contributed by atoms with Crippen molar-refractivity contribution >= 4 is 11.7 Å². The molecule has 0 aromatic carbocycles. The van der Waals surface area contributed by atoms with Crippen molar-refractivity contribution in [3.63, 3.8) is 0 Å². The number of aromatic amines is 1. The van der Waals surface area contributed by atoms with Crippen molar-refractivity contribution in [3.05, 3.63) is 47.0 Å². The number of aromatic nitrogens is 6. The van der Waals surface area contributed by atoms with Crippen LogP contribution in [-0.2, 0) is 18.4 Å². The van der Waals surface area contributed by atoms with Crippen LogP contribution in [0.2, 0.25) is 0 Å². The van der Waals surface area contributed by atoms with Gasteiger partial charge in [-0.05, 0) is 37.3 Å². The van der Waals surface area contributed by atoms with Gasteiger partial charge in [-0.3, -0.25) is 14.6 Å².